The maximum atomic E-state index is 13.3. The van der Waals surface area contributed by atoms with Crippen molar-refractivity contribution in [2.75, 3.05) is 18.4 Å². The van der Waals surface area contributed by atoms with Crippen molar-refractivity contribution in [1.82, 2.24) is 19.9 Å². The lowest BCUT2D eigenvalue weighted by molar-refractivity contribution is -0.119. The SMILES string of the molecule is Cc1ncnc(C)c1-c1ccc(C(=O)N2CC[C@H](C(=O)Nc3ccc(F)c(Cl)c3)C2)[nH]1. The Hall–Kier alpha value is -3.26. The number of aromatic nitrogens is 3. The Balaban J connectivity index is 1.42. The molecule has 0 aliphatic carbocycles. The van der Waals surface area contributed by atoms with E-state index in [2.05, 4.69) is 20.3 Å². The summed E-state index contributed by atoms with van der Waals surface area (Å²) in [4.78, 5) is 38.8. The fourth-order valence-corrected chi connectivity index (χ4v) is 3.98. The third kappa shape index (κ3) is 4.29. The number of hydrogen-bond acceptors (Lipinski definition) is 4. The first-order valence-corrected chi connectivity index (χ1v) is 10.2. The molecule has 1 aromatic carbocycles. The minimum atomic E-state index is -0.546. The second kappa shape index (κ2) is 8.47. The molecule has 0 bridgehead atoms. The maximum Gasteiger partial charge on any atom is 0.270 e. The summed E-state index contributed by atoms with van der Waals surface area (Å²) >= 11 is 5.76. The second-order valence-corrected chi connectivity index (χ2v) is 7.97. The zero-order chi connectivity index (χ0) is 22.1. The van der Waals surface area contributed by atoms with Crippen LogP contribution in [-0.4, -0.2) is 44.8 Å². The van der Waals surface area contributed by atoms with Gasteiger partial charge in [0.25, 0.3) is 5.91 Å². The normalized spacial score (nSPS) is 15.9. The number of nitrogens with one attached hydrogen (secondary N) is 2. The van der Waals surface area contributed by atoms with Gasteiger partial charge in [0.1, 0.15) is 17.8 Å². The van der Waals surface area contributed by atoms with E-state index in [1.165, 1.54) is 24.5 Å². The van der Waals surface area contributed by atoms with E-state index in [-0.39, 0.29) is 22.8 Å². The predicted molar refractivity (Wildman–Crippen MR) is 115 cm³/mol. The summed E-state index contributed by atoms with van der Waals surface area (Å²) < 4.78 is 13.3. The maximum absolute atomic E-state index is 13.3. The van der Waals surface area contributed by atoms with E-state index < -0.39 is 5.82 Å². The van der Waals surface area contributed by atoms with Gasteiger partial charge < -0.3 is 15.2 Å². The number of nitrogens with zero attached hydrogens (tertiary/aromatic N) is 3. The molecule has 1 atom stereocenters. The van der Waals surface area contributed by atoms with Gasteiger partial charge in [0.05, 0.1) is 22.3 Å². The molecule has 3 aromatic rings. The highest BCUT2D eigenvalue weighted by Gasteiger charge is 2.32. The summed E-state index contributed by atoms with van der Waals surface area (Å²) in [6, 6.07) is 7.59. The Labute approximate surface area is 183 Å². The average Bonchev–Trinajstić information content (AvgIpc) is 3.40. The molecule has 0 unspecified atom stereocenters. The first-order valence-electron chi connectivity index (χ1n) is 9.86. The standard InChI is InChI=1S/C22H21ClFN5O2/c1-12-20(13(2)26-11-25-12)18-5-6-19(28-18)22(31)29-8-7-14(10-29)21(30)27-15-3-4-17(24)16(23)9-15/h3-6,9,11,14,28H,7-8,10H2,1-2H3,(H,27,30)/t14-/m0/s1. The van der Waals surface area contributed by atoms with E-state index in [1.54, 1.807) is 11.0 Å². The van der Waals surface area contributed by atoms with Gasteiger partial charge in [0, 0.05) is 30.0 Å². The Kier molecular flexibility index (Phi) is 5.73. The quantitative estimate of drug-likeness (QED) is 0.640. The van der Waals surface area contributed by atoms with Gasteiger partial charge in [-0.25, -0.2) is 14.4 Å². The number of aromatic amines is 1. The van der Waals surface area contributed by atoms with Crippen molar-refractivity contribution in [3.8, 4) is 11.3 Å². The summed E-state index contributed by atoms with van der Waals surface area (Å²) in [6.07, 6.45) is 2.06. The van der Waals surface area contributed by atoms with Crippen LogP contribution in [0.15, 0.2) is 36.7 Å². The van der Waals surface area contributed by atoms with Crippen LogP contribution in [0, 0.1) is 25.6 Å². The summed E-state index contributed by atoms with van der Waals surface area (Å²) in [5.41, 5.74) is 4.17. The van der Waals surface area contributed by atoms with Crippen molar-refractivity contribution < 1.29 is 14.0 Å². The zero-order valence-corrected chi connectivity index (χ0v) is 17.8. The molecule has 1 aliphatic rings. The van der Waals surface area contributed by atoms with Crippen molar-refractivity contribution in [3.63, 3.8) is 0 Å². The molecule has 160 valence electrons. The third-order valence-electron chi connectivity index (χ3n) is 5.45. The van der Waals surface area contributed by atoms with Gasteiger partial charge in [-0.2, -0.15) is 0 Å². The van der Waals surface area contributed by atoms with Crippen LogP contribution in [0.2, 0.25) is 5.02 Å². The van der Waals surface area contributed by atoms with Gasteiger partial charge in [-0.3, -0.25) is 9.59 Å². The number of halogens is 2. The van der Waals surface area contributed by atoms with Crippen LogP contribution in [0.25, 0.3) is 11.3 Å². The van der Waals surface area contributed by atoms with Crippen molar-refractivity contribution in [3.05, 3.63) is 64.6 Å². The summed E-state index contributed by atoms with van der Waals surface area (Å²) in [5.74, 6) is -1.29. The fourth-order valence-electron chi connectivity index (χ4n) is 3.80. The number of hydrogen-bond donors (Lipinski definition) is 2. The molecule has 0 saturated carbocycles. The van der Waals surface area contributed by atoms with Crippen molar-refractivity contribution in [2.45, 2.75) is 20.3 Å². The molecule has 9 heteroatoms. The highest BCUT2D eigenvalue weighted by molar-refractivity contribution is 6.31. The molecule has 1 saturated heterocycles. The lowest BCUT2D eigenvalue weighted by Gasteiger charge is -2.16. The molecule has 31 heavy (non-hydrogen) atoms. The van der Waals surface area contributed by atoms with E-state index in [9.17, 15) is 14.0 Å². The van der Waals surface area contributed by atoms with Gasteiger partial charge in [-0.05, 0) is 50.6 Å². The van der Waals surface area contributed by atoms with E-state index in [0.717, 1.165) is 22.6 Å². The van der Waals surface area contributed by atoms with E-state index in [1.807, 2.05) is 19.9 Å². The van der Waals surface area contributed by atoms with E-state index in [0.29, 0.717) is 30.9 Å². The number of aryl methyl sites for hydroxylation is 2. The van der Waals surface area contributed by atoms with Gasteiger partial charge in [-0.15, -0.1) is 0 Å². The highest BCUT2D eigenvalue weighted by Crippen LogP contribution is 2.26. The largest absolute Gasteiger partial charge is 0.350 e. The van der Waals surface area contributed by atoms with Crippen LogP contribution >= 0.6 is 11.6 Å². The van der Waals surface area contributed by atoms with Crippen LogP contribution in [-0.2, 0) is 4.79 Å². The van der Waals surface area contributed by atoms with Gasteiger partial charge in [0.2, 0.25) is 5.91 Å². The molecule has 0 spiro atoms. The van der Waals surface area contributed by atoms with Gasteiger partial charge in [0.15, 0.2) is 0 Å². The first kappa shape index (κ1) is 21.0. The highest BCUT2D eigenvalue weighted by atomic mass is 35.5. The van der Waals surface area contributed by atoms with Gasteiger partial charge in [-0.1, -0.05) is 11.6 Å². The summed E-state index contributed by atoms with van der Waals surface area (Å²) in [6.45, 7) is 4.57. The van der Waals surface area contributed by atoms with Crippen molar-refractivity contribution in [2.24, 2.45) is 5.92 Å². The Morgan fingerprint density at radius 1 is 1.19 bits per heavy atom. The molecular formula is C22H21ClFN5O2. The minimum absolute atomic E-state index is 0.0575. The summed E-state index contributed by atoms with van der Waals surface area (Å²) in [5, 5.41) is 2.68. The summed E-state index contributed by atoms with van der Waals surface area (Å²) in [7, 11) is 0. The average molecular weight is 442 g/mol. The number of likely N-dealkylation sites (tertiary alicyclic amines) is 1. The smallest absolute Gasteiger partial charge is 0.270 e. The number of carbonyl (C=O) groups is 2. The number of anilines is 1. The number of benzene rings is 1. The second-order valence-electron chi connectivity index (χ2n) is 7.56. The molecule has 0 radical (unpaired) electrons. The Morgan fingerprint density at radius 3 is 2.65 bits per heavy atom. The topological polar surface area (TPSA) is 91.0 Å². The first-order chi connectivity index (χ1) is 14.8. The van der Waals surface area contributed by atoms with Crippen LogP contribution in [0.3, 0.4) is 0 Å². The van der Waals surface area contributed by atoms with Crippen LogP contribution in [0.4, 0.5) is 10.1 Å². The van der Waals surface area contributed by atoms with Crippen molar-refractivity contribution >= 4 is 29.1 Å². The monoisotopic (exact) mass is 441 g/mol. The van der Waals surface area contributed by atoms with E-state index >= 15 is 0 Å². The number of amides is 2. The molecule has 3 heterocycles. The van der Waals surface area contributed by atoms with Crippen LogP contribution in [0.5, 0.6) is 0 Å². The zero-order valence-electron chi connectivity index (χ0n) is 17.1. The molecule has 2 amide bonds. The fraction of sp³-hybridized carbons (Fsp3) is 0.273. The van der Waals surface area contributed by atoms with Crippen molar-refractivity contribution in [1.29, 1.82) is 0 Å². The molecular weight excluding hydrogens is 421 g/mol. The lowest BCUT2D eigenvalue weighted by atomic mass is 10.1. The molecule has 7 nitrogen and oxygen atoms in total. The van der Waals surface area contributed by atoms with E-state index in [4.69, 9.17) is 11.6 Å². The number of H-pyrrole nitrogens is 1. The molecule has 1 aliphatic heterocycles. The Morgan fingerprint density at radius 2 is 1.94 bits per heavy atom. The predicted octanol–water partition coefficient (Wildman–Crippen LogP) is 3.98. The number of carbonyl (C=O) groups excluding carboxylic acids is 2. The lowest BCUT2D eigenvalue weighted by Crippen LogP contribution is -2.31. The molecule has 2 aromatic heterocycles. The molecule has 2 N–H and O–H groups in total. The van der Waals surface area contributed by atoms with Gasteiger partial charge >= 0.3 is 0 Å². The Bertz CT molecular complexity index is 1140. The molecule has 1 fully saturated rings. The molecule has 4 rings (SSSR count). The minimum Gasteiger partial charge on any atom is -0.350 e. The van der Waals surface area contributed by atoms with Crippen LogP contribution < -0.4 is 5.32 Å². The van der Waals surface area contributed by atoms with Crippen LogP contribution in [0.1, 0.15) is 28.3 Å². The third-order valence-corrected chi connectivity index (χ3v) is 5.74. The number of rotatable bonds is 4.